The summed E-state index contributed by atoms with van der Waals surface area (Å²) < 4.78 is 31.4. The smallest absolute Gasteiger partial charge is 0.254 e. The summed E-state index contributed by atoms with van der Waals surface area (Å²) in [6, 6.07) is 7.78. The number of carbonyl (C=O) groups excluding carboxylic acids is 1. The molecular formula is C15H14F2N2O2. The molecule has 0 unspecified atom stereocenters. The summed E-state index contributed by atoms with van der Waals surface area (Å²) in [5.74, 6) is -1.73. The van der Waals surface area contributed by atoms with Gasteiger partial charge in [-0.1, -0.05) is 0 Å². The molecule has 2 rings (SSSR count). The molecule has 0 saturated carbocycles. The molecule has 0 aliphatic rings. The van der Waals surface area contributed by atoms with Crippen LogP contribution in [0.3, 0.4) is 0 Å². The van der Waals surface area contributed by atoms with Crippen LogP contribution >= 0.6 is 0 Å². The summed E-state index contributed by atoms with van der Waals surface area (Å²) in [5, 5.41) is 2.54. The first-order valence-electron chi connectivity index (χ1n) is 6.17. The molecule has 4 nitrogen and oxygen atoms in total. The Hall–Kier alpha value is -2.63. The van der Waals surface area contributed by atoms with Gasteiger partial charge in [-0.25, -0.2) is 8.78 Å². The zero-order chi connectivity index (χ0) is 15.4. The fourth-order valence-corrected chi connectivity index (χ4v) is 1.88. The highest BCUT2D eigenvalue weighted by atomic mass is 19.1. The molecule has 0 aromatic heterocycles. The van der Waals surface area contributed by atoms with Crippen molar-refractivity contribution in [1.29, 1.82) is 0 Å². The third kappa shape index (κ3) is 3.47. The average molecular weight is 292 g/mol. The molecule has 6 heteroatoms. The molecule has 1 amide bonds. The maximum Gasteiger partial charge on any atom is 0.254 e. The van der Waals surface area contributed by atoms with Crippen molar-refractivity contribution in [3.05, 3.63) is 59.2 Å². The Morgan fingerprint density at radius 2 is 2.00 bits per heavy atom. The molecule has 0 heterocycles. The summed E-state index contributed by atoms with van der Waals surface area (Å²) in [6.45, 7) is 0.115. The normalized spacial score (nSPS) is 10.2. The van der Waals surface area contributed by atoms with Crippen LogP contribution in [0.4, 0.5) is 14.5 Å². The second-order valence-corrected chi connectivity index (χ2v) is 4.38. The third-order valence-corrected chi connectivity index (χ3v) is 2.92. The van der Waals surface area contributed by atoms with Gasteiger partial charge in [0.25, 0.3) is 5.91 Å². The summed E-state index contributed by atoms with van der Waals surface area (Å²) in [5.41, 5.74) is 6.63. The molecule has 110 valence electrons. The van der Waals surface area contributed by atoms with E-state index in [1.807, 2.05) is 0 Å². The molecule has 0 saturated heterocycles. The molecule has 2 aromatic carbocycles. The molecule has 0 bridgehead atoms. The molecule has 0 aliphatic heterocycles. The van der Waals surface area contributed by atoms with E-state index in [2.05, 4.69) is 5.32 Å². The summed E-state index contributed by atoms with van der Waals surface area (Å²) in [7, 11) is 1.50. The van der Waals surface area contributed by atoms with Crippen molar-refractivity contribution in [3.63, 3.8) is 0 Å². The standard InChI is InChI=1S/C15H14F2N2O2/c1-21-14-5-3-11(18)6-9(14)8-19-15(20)12-4-2-10(16)7-13(12)17/h2-7H,8,18H2,1H3,(H,19,20). The number of benzene rings is 2. The number of nitrogens with two attached hydrogens (primary N) is 1. The number of rotatable bonds is 4. The van der Waals surface area contributed by atoms with Crippen LogP contribution in [-0.2, 0) is 6.54 Å². The molecule has 0 radical (unpaired) electrons. The van der Waals surface area contributed by atoms with Crippen LogP contribution in [0.15, 0.2) is 36.4 Å². The van der Waals surface area contributed by atoms with Gasteiger partial charge in [-0.2, -0.15) is 0 Å². The van der Waals surface area contributed by atoms with Gasteiger partial charge < -0.3 is 15.8 Å². The zero-order valence-corrected chi connectivity index (χ0v) is 11.3. The van der Waals surface area contributed by atoms with Crippen LogP contribution in [0.2, 0.25) is 0 Å². The third-order valence-electron chi connectivity index (χ3n) is 2.92. The first kappa shape index (κ1) is 14.8. The second-order valence-electron chi connectivity index (χ2n) is 4.38. The van der Waals surface area contributed by atoms with Gasteiger partial charge in [-0.3, -0.25) is 4.79 Å². The van der Waals surface area contributed by atoms with Crippen molar-refractivity contribution in [2.75, 3.05) is 12.8 Å². The highest BCUT2D eigenvalue weighted by Crippen LogP contribution is 2.21. The van der Waals surface area contributed by atoms with Crippen LogP contribution in [0.1, 0.15) is 15.9 Å². The Labute approximate surface area is 120 Å². The van der Waals surface area contributed by atoms with Crippen molar-refractivity contribution >= 4 is 11.6 Å². The Bertz CT molecular complexity index is 675. The highest BCUT2D eigenvalue weighted by molar-refractivity contribution is 5.94. The highest BCUT2D eigenvalue weighted by Gasteiger charge is 2.13. The number of nitrogen functional groups attached to an aromatic ring is 1. The monoisotopic (exact) mass is 292 g/mol. The van der Waals surface area contributed by atoms with E-state index in [1.165, 1.54) is 7.11 Å². The number of methoxy groups -OCH3 is 1. The van der Waals surface area contributed by atoms with Gasteiger partial charge in [0.1, 0.15) is 17.4 Å². The van der Waals surface area contributed by atoms with E-state index in [9.17, 15) is 13.6 Å². The lowest BCUT2D eigenvalue weighted by Gasteiger charge is -2.11. The topological polar surface area (TPSA) is 64.3 Å². The van der Waals surface area contributed by atoms with Crippen molar-refractivity contribution < 1.29 is 18.3 Å². The van der Waals surface area contributed by atoms with Crippen LogP contribution in [-0.4, -0.2) is 13.0 Å². The van der Waals surface area contributed by atoms with Gasteiger partial charge in [-0.05, 0) is 30.3 Å². The number of amides is 1. The predicted molar refractivity (Wildman–Crippen MR) is 74.9 cm³/mol. The lowest BCUT2D eigenvalue weighted by Crippen LogP contribution is -2.24. The van der Waals surface area contributed by atoms with Gasteiger partial charge in [-0.15, -0.1) is 0 Å². The van der Waals surface area contributed by atoms with Crippen molar-refractivity contribution in [2.24, 2.45) is 0 Å². The summed E-state index contributed by atoms with van der Waals surface area (Å²) in [6.07, 6.45) is 0. The van der Waals surface area contributed by atoms with Crippen LogP contribution in [0, 0.1) is 11.6 Å². The Morgan fingerprint density at radius 1 is 1.24 bits per heavy atom. The van der Waals surface area contributed by atoms with E-state index in [1.54, 1.807) is 18.2 Å². The van der Waals surface area contributed by atoms with E-state index >= 15 is 0 Å². The minimum absolute atomic E-state index is 0.115. The number of ether oxygens (including phenoxy) is 1. The van der Waals surface area contributed by atoms with E-state index in [0.717, 1.165) is 12.1 Å². The quantitative estimate of drug-likeness (QED) is 0.851. The number of halogens is 2. The minimum Gasteiger partial charge on any atom is -0.496 e. The maximum atomic E-state index is 13.5. The minimum atomic E-state index is -0.910. The van der Waals surface area contributed by atoms with Crippen molar-refractivity contribution in [3.8, 4) is 5.75 Å². The number of anilines is 1. The SMILES string of the molecule is COc1ccc(N)cc1CNC(=O)c1ccc(F)cc1F. The van der Waals surface area contributed by atoms with Gasteiger partial charge in [0.2, 0.25) is 0 Å². The summed E-state index contributed by atoms with van der Waals surface area (Å²) in [4.78, 5) is 11.9. The van der Waals surface area contributed by atoms with Gasteiger partial charge in [0.15, 0.2) is 0 Å². The molecule has 2 aromatic rings. The number of nitrogens with one attached hydrogen (secondary N) is 1. The lowest BCUT2D eigenvalue weighted by atomic mass is 10.1. The Kier molecular flexibility index (Phi) is 4.37. The Morgan fingerprint density at radius 3 is 2.67 bits per heavy atom. The largest absolute Gasteiger partial charge is 0.496 e. The van der Waals surface area contributed by atoms with E-state index in [4.69, 9.17) is 10.5 Å². The Balaban J connectivity index is 2.12. The van der Waals surface area contributed by atoms with Crippen LogP contribution < -0.4 is 15.8 Å². The molecule has 0 atom stereocenters. The number of hydrogen-bond donors (Lipinski definition) is 2. The van der Waals surface area contributed by atoms with E-state index in [-0.39, 0.29) is 12.1 Å². The summed E-state index contributed by atoms with van der Waals surface area (Å²) >= 11 is 0. The average Bonchev–Trinajstić information content (AvgIpc) is 2.45. The molecule has 0 fully saturated rings. The van der Waals surface area contributed by atoms with Crippen LogP contribution in [0.5, 0.6) is 5.75 Å². The van der Waals surface area contributed by atoms with Crippen molar-refractivity contribution in [2.45, 2.75) is 6.54 Å². The van der Waals surface area contributed by atoms with E-state index < -0.39 is 17.5 Å². The molecular weight excluding hydrogens is 278 g/mol. The first-order valence-corrected chi connectivity index (χ1v) is 6.17. The maximum absolute atomic E-state index is 13.5. The molecule has 21 heavy (non-hydrogen) atoms. The molecule has 0 aliphatic carbocycles. The van der Waals surface area contributed by atoms with Crippen molar-refractivity contribution in [1.82, 2.24) is 5.32 Å². The molecule has 3 N–H and O–H groups in total. The number of hydrogen-bond acceptors (Lipinski definition) is 3. The fraction of sp³-hybridized carbons (Fsp3) is 0.133. The van der Waals surface area contributed by atoms with E-state index in [0.29, 0.717) is 23.1 Å². The zero-order valence-electron chi connectivity index (χ0n) is 11.3. The predicted octanol–water partition coefficient (Wildman–Crippen LogP) is 2.49. The lowest BCUT2D eigenvalue weighted by molar-refractivity contribution is 0.0946. The molecule has 0 spiro atoms. The van der Waals surface area contributed by atoms with Crippen LogP contribution in [0.25, 0.3) is 0 Å². The van der Waals surface area contributed by atoms with Gasteiger partial charge in [0.05, 0.1) is 12.7 Å². The van der Waals surface area contributed by atoms with Gasteiger partial charge >= 0.3 is 0 Å². The fourth-order valence-electron chi connectivity index (χ4n) is 1.88. The first-order chi connectivity index (χ1) is 10.0. The number of carbonyl (C=O) groups is 1. The second kappa shape index (κ2) is 6.21. The van der Waals surface area contributed by atoms with Gasteiger partial charge in [0, 0.05) is 23.9 Å².